The Morgan fingerprint density at radius 2 is 1.76 bits per heavy atom. The highest BCUT2D eigenvalue weighted by molar-refractivity contribution is 6.01. The fourth-order valence-electron chi connectivity index (χ4n) is 4.36. The summed E-state index contributed by atoms with van der Waals surface area (Å²) in [7, 11) is 1.66. The van der Waals surface area contributed by atoms with Gasteiger partial charge in [0, 0.05) is 29.2 Å². The fourth-order valence-corrected chi connectivity index (χ4v) is 4.36. The van der Waals surface area contributed by atoms with Gasteiger partial charge < -0.3 is 19.8 Å². The number of benzene rings is 2. The third kappa shape index (κ3) is 3.09. The maximum atomic E-state index is 13.4. The van der Waals surface area contributed by atoms with E-state index in [2.05, 4.69) is 10.6 Å². The second kappa shape index (κ2) is 7.17. The lowest BCUT2D eigenvalue weighted by molar-refractivity contribution is -0.116. The monoisotopic (exact) mass is 386 g/mol. The number of nitrogens with one attached hydrogen (secondary N) is 2. The molecule has 2 aliphatic rings. The van der Waals surface area contributed by atoms with Crippen molar-refractivity contribution < 1.29 is 13.9 Å². The van der Waals surface area contributed by atoms with E-state index in [9.17, 15) is 4.79 Å². The molecule has 2 unspecified atom stereocenters. The maximum absolute atomic E-state index is 13.4. The van der Waals surface area contributed by atoms with Crippen LogP contribution in [0.1, 0.15) is 36.1 Å². The summed E-state index contributed by atoms with van der Waals surface area (Å²) >= 11 is 0. The van der Waals surface area contributed by atoms with Crippen LogP contribution in [-0.4, -0.2) is 12.9 Å². The average molecular weight is 386 g/mol. The predicted octanol–water partition coefficient (Wildman–Crippen LogP) is 5.27. The second-order valence-electron chi connectivity index (χ2n) is 7.43. The molecule has 0 spiro atoms. The van der Waals surface area contributed by atoms with E-state index < -0.39 is 0 Å². The van der Waals surface area contributed by atoms with Gasteiger partial charge in [0.25, 0.3) is 0 Å². The standard InChI is InChI=1S/C24H22N2O3/c1-28-22-10-5-2-7-16(22)24-23-19(25-17-8-3-4-9-18(17)26-24)13-15(14-20(23)27)21-11-6-12-29-21/h2-12,15,24-26H,13-14H2,1H3. The van der Waals surface area contributed by atoms with Crippen LogP contribution in [0.5, 0.6) is 5.75 Å². The Morgan fingerprint density at radius 3 is 2.55 bits per heavy atom. The average Bonchev–Trinajstić information content (AvgIpc) is 3.23. The van der Waals surface area contributed by atoms with Gasteiger partial charge in [-0.15, -0.1) is 0 Å². The summed E-state index contributed by atoms with van der Waals surface area (Å²) in [4.78, 5) is 13.4. The summed E-state index contributed by atoms with van der Waals surface area (Å²) in [5.41, 5.74) is 4.58. The maximum Gasteiger partial charge on any atom is 0.163 e. The van der Waals surface area contributed by atoms with E-state index in [1.54, 1.807) is 13.4 Å². The molecule has 5 heteroatoms. The number of ether oxygens (including phenoxy) is 1. The van der Waals surface area contributed by atoms with Crippen molar-refractivity contribution in [3.05, 3.63) is 89.5 Å². The molecule has 2 heterocycles. The van der Waals surface area contributed by atoms with Gasteiger partial charge in [-0.3, -0.25) is 4.79 Å². The highest BCUT2D eigenvalue weighted by atomic mass is 16.5. The Balaban J connectivity index is 1.65. The smallest absolute Gasteiger partial charge is 0.163 e. The SMILES string of the molecule is COc1ccccc1C1Nc2ccccc2NC2=C1C(=O)CC(c1ccco1)C2. The Bertz CT molecular complexity index is 1090. The third-order valence-corrected chi connectivity index (χ3v) is 5.70. The molecule has 5 nitrogen and oxygen atoms in total. The first kappa shape index (κ1) is 17.6. The van der Waals surface area contributed by atoms with E-state index >= 15 is 0 Å². The number of carbonyl (C=O) groups excluding carboxylic acids is 1. The van der Waals surface area contributed by atoms with Crippen molar-refractivity contribution in [2.45, 2.75) is 24.8 Å². The zero-order chi connectivity index (χ0) is 19.8. The lowest BCUT2D eigenvalue weighted by Crippen LogP contribution is -2.27. The van der Waals surface area contributed by atoms with E-state index in [4.69, 9.17) is 9.15 Å². The number of furan rings is 1. The minimum Gasteiger partial charge on any atom is -0.496 e. The molecular weight excluding hydrogens is 364 g/mol. The van der Waals surface area contributed by atoms with Crippen LogP contribution in [0.3, 0.4) is 0 Å². The molecule has 0 saturated carbocycles. The van der Waals surface area contributed by atoms with Crippen LogP contribution in [0, 0.1) is 0 Å². The molecular formula is C24H22N2O3. The predicted molar refractivity (Wildman–Crippen MR) is 112 cm³/mol. The molecule has 2 atom stereocenters. The summed E-state index contributed by atoms with van der Waals surface area (Å²) in [5, 5.41) is 7.12. The number of fused-ring (bicyclic) bond motifs is 1. The lowest BCUT2D eigenvalue weighted by Gasteiger charge is -2.29. The number of carbonyl (C=O) groups is 1. The molecule has 0 saturated heterocycles. The van der Waals surface area contributed by atoms with Crippen molar-refractivity contribution in [2.75, 3.05) is 17.7 Å². The van der Waals surface area contributed by atoms with Crippen LogP contribution >= 0.6 is 0 Å². The summed E-state index contributed by atoms with van der Waals surface area (Å²) in [5.74, 6) is 1.77. The van der Waals surface area contributed by atoms with E-state index in [0.717, 1.165) is 46.1 Å². The van der Waals surface area contributed by atoms with Crippen molar-refractivity contribution >= 4 is 17.2 Å². The second-order valence-corrected chi connectivity index (χ2v) is 7.43. The topological polar surface area (TPSA) is 63.5 Å². The number of rotatable bonds is 3. The molecule has 1 aliphatic carbocycles. The van der Waals surface area contributed by atoms with Gasteiger partial charge >= 0.3 is 0 Å². The number of Topliss-reactive ketones (excluding diaryl/α,β-unsaturated/α-hetero) is 1. The molecule has 146 valence electrons. The number of hydrogen-bond acceptors (Lipinski definition) is 5. The Morgan fingerprint density at radius 1 is 0.966 bits per heavy atom. The minimum atomic E-state index is -0.289. The first-order valence-corrected chi connectivity index (χ1v) is 9.79. The minimum absolute atomic E-state index is 0.0346. The number of ketones is 1. The van der Waals surface area contributed by atoms with Crippen LogP contribution in [-0.2, 0) is 4.79 Å². The highest BCUT2D eigenvalue weighted by Gasteiger charge is 2.37. The van der Waals surface area contributed by atoms with Gasteiger partial charge in [0.2, 0.25) is 0 Å². The number of para-hydroxylation sites is 3. The van der Waals surface area contributed by atoms with Gasteiger partial charge in [-0.1, -0.05) is 30.3 Å². The van der Waals surface area contributed by atoms with Gasteiger partial charge in [0.15, 0.2) is 5.78 Å². The molecule has 0 radical (unpaired) electrons. The van der Waals surface area contributed by atoms with Crippen LogP contribution in [0.2, 0.25) is 0 Å². The number of allylic oxidation sites excluding steroid dienone is 1. The summed E-state index contributed by atoms with van der Waals surface area (Å²) in [6.45, 7) is 0. The zero-order valence-corrected chi connectivity index (χ0v) is 16.1. The molecule has 0 fully saturated rings. The van der Waals surface area contributed by atoms with Crippen LogP contribution in [0.4, 0.5) is 11.4 Å². The quantitative estimate of drug-likeness (QED) is 0.642. The fraction of sp³-hybridized carbons (Fsp3) is 0.208. The third-order valence-electron chi connectivity index (χ3n) is 5.70. The number of methoxy groups -OCH3 is 1. The molecule has 1 aromatic heterocycles. The van der Waals surface area contributed by atoms with E-state index in [1.165, 1.54) is 0 Å². The molecule has 1 aliphatic heterocycles. The van der Waals surface area contributed by atoms with Crippen LogP contribution in [0.15, 0.2) is 82.6 Å². The molecule has 2 aromatic carbocycles. The van der Waals surface area contributed by atoms with Crippen LogP contribution < -0.4 is 15.4 Å². The molecule has 0 amide bonds. The van der Waals surface area contributed by atoms with Crippen LogP contribution in [0.25, 0.3) is 0 Å². The normalized spacial score (nSPS) is 20.8. The first-order valence-electron chi connectivity index (χ1n) is 9.79. The Kier molecular flexibility index (Phi) is 4.35. The Labute approximate surface area is 169 Å². The summed E-state index contributed by atoms with van der Waals surface area (Å²) < 4.78 is 11.2. The van der Waals surface area contributed by atoms with Gasteiger partial charge in [-0.2, -0.15) is 0 Å². The zero-order valence-electron chi connectivity index (χ0n) is 16.1. The van der Waals surface area contributed by atoms with E-state index in [-0.39, 0.29) is 17.7 Å². The van der Waals surface area contributed by atoms with Gasteiger partial charge in [-0.05, 0) is 36.8 Å². The van der Waals surface area contributed by atoms with Crippen molar-refractivity contribution in [1.82, 2.24) is 0 Å². The van der Waals surface area contributed by atoms with Crippen molar-refractivity contribution in [3.8, 4) is 5.75 Å². The molecule has 2 N–H and O–H groups in total. The van der Waals surface area contributed by atoms with Gasteiger partial charge in [0.05, 0.1) is 30.8 Å². The molecule has 0 bridgehead atoms. The number of hydrogen-bond donors (Lipinski definition) is 2. The van der Waals surface area contributed by atoms with Crippen molar-refractivity contribution in [2.24, 2.45) is 0 Å². The summed E-state index contributed by atoms with van der Waals surface area (Å²) in [6.07, 6.45) is 2.81. The Hall–Kier alpha value is -3.47. The van der Waals surface area contributed by atoms with Gasteiger partial charge in [-0.25, -0.2) is 0 Å². The van der Waals surface area contributed by atoms with Crippen molar-refractivity contribution in [3.63, 3.8) is 0 Å². The largest absolute Gasteiger partial charge is 0.496 e. The molecule has 29 heavy (non-hydrogen) atoms. The van der Waals surface area contributed by atoms with E-state index in [0.29, 0.717) is 6.42 Å². The van der Waals surface area contributed by atoms with Gasteiger partial charge in [0.1, 0.15) is 11.5 Å². The number of anilines is 2. The molecule has 3 aromatic rings. The molecule has 5 rings (SSSR count). The first-order chi connectivity index (χ1) is 14.2. The van der Waals surface area contributed by atoms with E-state index in [1.807, 2.05) is 60.7 Å². The highest BCUT2D eigenvalue weighted by Crippen LogP contribution is 2.45. The van der Waals surface area contributed by atoms with Crippen molar-refractivity contribution in [1.29, 1.82) is 0 Å². The summed E-state index contributed by atoms with van der Waals surface area (Å²) in [6, 6.07) is 19.4. The lowest BCUT2D eigenvalue weighted by atomic mass is 9.80.